The Kier molecular flexibility index (Phi) is 5.34. The number of hydrogen-bond acceptors (Lipinski definition) is 7. The van der Waals surface area contributed by atoms with Gasteiger partial charge < -0.3 is 14.2 Å². The molecule has 0 radical (unpaired) electrons. The molecule has 0 aliphatic rings. The quantitative estimate of drug-likeness (QED) is 0.445. The molecule has 0 bridgehead atoms. The normalized spacial score (nSPS) is 11.5. The lowest BCUT2D eigenvalue weighted by atomic mass is 10.2. The second kappa shape index (κ2) is 8.13. The van der Waals surface area contributed by atoms with Gasteiger partial charge in [-0.15, -0.1) is 0 Å². The molecule has 1 N–H and O–H groups in total. The van der Waals surface area contributed by atoms with E-state index in [0.717, 1.165) is 18.5 Å². The molecule has 0 saturated carbocycles. The smallest absolute Gasteiger partial charge is 0.433 e. The molecule has 0 atom stereocenters. The second-order valence-corrected chi connectivity index (χ2v) is 6.64. The molecule has 164 valence electrons. The molecule has 4 aromatic rings. The Bertz CT molecular complexity index is 1290. The van der Waals surface area contributed by atoms with Gasteiger partial charge >= 0.3 is 6.18 Å². The lowest BCUT2D eigenvalue weighted by Gasteiger charge is -2.07. The molecular formula is C20H14F3N5O4. The Morgan fingerprint density at radius 1 is 1.19 bits per heavy atom. The number of halogens is 3. The van der Waals surface area contributed by atoms with E-state index in [1.165, 1.54) is 30.1 Å². The van der Waals surface area contributed by atoms with Crippen LogP contribution in [0.4, 0.5) is 18.9 Å². The van der Waals surface area contributed by atoms with Crippen LogP contribution in [0.15, 0.2) is 58.0 Å². The van der Waals surface area contributed by atoms with E-state index in [1.807, 2.05) is 0 Å². The molecule has 0 aromatic carbocycles. The minimum absolute atomic E-state index is 0.183. The minimum Gasteiger partial charge on any atom is -0.456 e. The van der Waals surface area contributed by atoms with Gasteiger partial charge in [-0.2, -0.15) is 18.3 Å². The average Bonchev–Trinajstić information content (AvgIpc) is 3.48. The summed E-state index contributed by atoms with van der Waals surface area (Å²) in [5.74, 6) is -0.408. The Hall–Kier alpha value is -4.22. The van der Waals surface area contributed by atoms with Crippen LogP contribution < -0.4 is 5.32 Å². The number of nitrogens with zero attached hydrogens (tertiary/aromatic N) is 4. The van der Waals surface area contributed by atoms with E-state index in [2.05, 4.69) is 20.4 Å². The average molecular weight is 445 g/mol. The number of hydrogen-bond donors (Lipinski definition) is 1. The lowest BCUT2D eigenvalue weighted by molar-refractivity contribution is -0.141. The minimum atomic E-state index is -4.65. The number of ketones is 1. The summed E-state index contributed by atoms with van der Waals surface area (Å²) >= 11 is 0. The van der Waals surface area contributed by atoms with Gasteiger partial charge in [-0.1, -0.05) is 6.07 Å². The summed E-state index contributed by atoms with van der Waals surface area (Å²) in [6.07, 6.45) is -0.823. The number of rotatable bonds is 6. The Balaban J connectivity index is 1.49. The summed E-state index contributed by atoms with van der Waals surface area (Å²) in [4.78, 5) is 31.2. The highest BCUT2D eigenvalue weighted by Crippen LogP contribution is 2.30. The SMILES string of the molecule is CC(=O)c1ccc(Cn2cc(NC(=O)c3ncoc3-c3cccc(C(F)(F)F)n3)cn2)o1. The fourth-order valence-corrected chi connectivity index (χ4v) is 2.83. The van der Waals surface area contributed by atoms with Gasteiger partial charge in [-0.3, -0.25) is 14.3 Å². The number of carbonyl (C=O) groups is 2. The molecule has 9 nitrogen and oxygen atoms in total. The van der Waals surface area contributed by atoms with E-state index < -0.39 is 17.8 Å². The van der Waals surface area contributed by atoms with Crippen LogP contribution in [0.3, 0.4) is 0 Å². The molecule has 1 amide bonds. The Labute approximate surface area is 177 Å². The van der Waals surface area contributed by atoms with E-state index in [9.17, 15) is 22.8 Å². The summed E-state index contributed by atoms with van der Waals surface area (Å²) in [6, 6.07) is 6.44. The summed E-state index contributed by atoms with van der Waals surface area (Å²) in [5, 5.41) is 6.64. The third kappa shape index (κ3) is 4.43. The first kappa shape index (κ1) is 21.0. The second-order valence-electron chi connectivity index (χ2n) is 6.64. The molecule has 0 unspecified atom stereocenters. The maximum atomic E-state index is 12.9. The van der Waals surface area contributed by atoms with Crippen molar-refractivity contribution in [1.82, 2.24) is 19.7 Å². The highest BCUT2D eigenvalue weighted by Gasteiger charge is 2.33. The van der Waals surface area contributed by atoms with Gasteiger partial charge in [0.15, 0.2) is 29.4 Å². The zero-order valence-corrected chi connectivity index (χ0v) is 16.4. The van der Waals surface area contributed by atoms with Gasteiger partial charge in [0.05, 0.1) is 18.4 Å². The van der Waals surface area contributed by atoms with Crippen LogP contribution in [-0.2, 0) is 12.7 Å². The lowest BCUT2D eigenvalue weighted by Crippen LogP contribution is -2.14. The fraction of sp³-hybridized carbons (Fsp3) is 0.150. The monoisotopic (exact) mass is 445 g/mol. The van der Waals surface area contributed by atoms with Crippen molar-refractivity contribution in [1.29, 1.82) is 0 Å². The summed E-state index contributed by atoms with van der Waals surface area (Å²) in [6.45, 7) is 1.60. The summed E-state index contributed by atoms with van der Waals surface area (Å²) < 4.78 is 50.8. The zero-order chi connectivity index (χ0) is 22.9. The number of oxazole rings is 1. The highest BCUT2D eigenvalue weighted by molar-refractivity contribution is 6.06. The standard InChI is InChI=1S/C20H14F3N5O4/c1-11(29)15-6-5-13(32-15)9-28-8-12(7-25-28)26-19(30)17-18(31-10-24-17)14-3-2-4-16(27-14)20(21,22)23/h2-8,10H,9H2,1H3,(H,26,30). The van der Waals surface area contributed by atoms with Crippen molar-refractivity contribution in [2.75, 3.05) is 5.32 Å². The van der Waals surface area contributed by atoms with E-state index in [0.29, 0.717) is 11.4 Å². The Morgan fingerprint density at radius 3 is 2.72 bits per heavy atom. The van der Waals surface area contributed by atoms with E-state index in [-0.39, 0.29) is 35.2 Å². The van der Waals surface area contributed by atoms with Crippen LogP contribution in [0.2, 0.25) is 0 Å². The molecule has 32 heavy (non-hydrogen) atoms. The van der Waals surface area contributed by atoms with E-state index >= 15 is 0 Å². The fourth-order valence-electron chi connectivity index (χ4n) is 2.83. The van der Waals surface area contributed by atoms with Gasteiger partial charge in [-0.25, -0.2) is 9.97 Å². The number of furan rings is 1. The van der Waals surface area contributed by atoms with Gasteiger partial charge in [0.1, 0.15) is 17.1 Å². The predicted octanol–water partition coefficient (Wildman–Crippen LogP) is 4.05. The number of anilines is 1. The third-order valence-electron chi connectivity index (χ3n) is 4.27. The molecule has 0 spiro atoms. The van der Waals surface area contributed by atoms with Gasteiger partial charge in [-0.05, 0) is 24.3 Å². The molecule has 0 aliphatic heterocycles. The zero-order valence-electron chi connectivity index (χ0n) is 16.4. The number of nitrogens with one attached hydrogen (secondary N) is 1. The summed E-state index contributed by atoms with van der Waals surface area (Å²) in [7, 11) is 0. The van der Waals surface area contributed by atoms with Crippen molar-refractivity contribution in [2.45, 2.75) is 19.6 Å². The van der Waals surface area contributed by atoms with E-state index in [4.69, 9.17) is 8.83 Å². The van der Waals surface area contributed by atoms with Crippen molar-refractivity contribution in [3.05, 3.63) is 72.0 Å². The van der Waals surface area contributed by atoms with Gasteiger partial charge in [0.25, 0.3) is 5.91 Å². The van der Waals surface area contributed by atoms with Crippen LogP contribution >= 0.6 is 0 Å². The maximum absolute atomic E-state index is 12.9. The van der Waals surface area contributed by atoms with Crippen LogP contribution in [0.25, 0.3) is 11.5 Å². The van der Waals surface area contributed by atoms with Crippen molar-refractivity contribution in [3.8, 4) is 11.5 Å². The van der Waals surface area contributed by atoms with Gasteiger partial charge in [0.2, 0.25) is 0 Å². The van der Waals surface area contributed by atoms with Crippen molar-refractivity contribution in [2.24, 2.45) is 0 Å². The van der Waals surface area contributed by atoms with Crippen LogP contribution in [0.1, 0.15) is 39.4 Å². The number of amides is 1. The largest absolute Gasteiger partial charge is 0.456 e. The predicted molar refractivity (Wildman–Crippen MR) is 103 cm³/mol. The number of alkyl halides is 3. The van der Waals surface area contributed by atoms with Crippen LogP contribution in [0.5, 0.6) is 0 Å². The van der Waals surface area contributed by atoms with Crippen LogP contribution in [-0.4, -0.2) is 31.4 Å². The molecule has 4 rings (SSSR count). The first-order valence-corrected chi connectivity index (χ1v) is 9.12. The summed E-state index contributed by atoms with van der Waals surface area (Å²) in [5.41, 5.74) is -1.23. The van der Waals surface area contributed by atoms with E-state index in [1.54, 1.807) is 12.1 Å². The molecular weight excluding hydrogens is 431 g/mol. The molecule has 4 heterocycles. The molecule has 0 saturated heterocycles. The van der Waals surface area contributed by atoms with Gasteiger partial charge in [0, 0.05) is 13.1 Å². The number of aromatic nitrogens is 4. The van der Waals surface area contributed by atoms with Crippen molar-refractivity contribution >= 4 is 17.4 Å². The molecule has 12 heteroatoms. The number of Topliss-reactive ketones (excluding diaryl/α,β-unsaturated/α-hetero) is 1. The third-order valence-corrected chi connectivity index (χ3v) is 4.27. The molecule has 0 aliphatic carbocycles. The number of carbonyl (C=O) groups excluding carboxylic acids is 2. The first-order chi connectivity index (χ1) is 15.2. The maximum Gasteiger partial charge on any atom is 0.433 e. The number of pyridine rings is 1. The van der Waals surface area contributed by atoms with Crippen molar-refractivity contribution < 1.29 is 31.6 Å². The van der Waals surface area contributed by atoms with Crippen LogP contribution in [0, 0.1) is 0 Å². The first-order valence-electron chi connectivity index (χ1n) is 9.12. The molecule has 4 aromatic heterocycles. The molecule has 0 fully saturated rings. The Morgan fingerprint density at radius 2 is 2.00 bits per heavy atom. The topological polar surface area (TPSA) is 116 Å². The highest BCUT2D eigenvalue weighted by atomic mass is 19.4. The van der Waals surface area contributed by atoms with Crippen molar-refractivity contribution in [3.63, 3.8) is 0 Å².